The molecule has 2 N–H and O–H groups in total. The molecule has 0 spiro atoms. The number of benzene rings is 1. The van der Waals surface area contributed by atoms with Gasteiger partial charge < -0.3 is 10.5 Å². The number of nitrogens with one attached hydrogen (secondary N) is 1. The number of anilines is 1. The van der Waals surface area contributed by atoms with Gasteiger partial charge in [0.1, 0.15) is 6.04 Å². The minimum absolute atomic E-state index is 0.344. The lowest BCUT2D eigenvalue weighted by Crippen LogP contribution is -2.42. The Balaban J connectivity index is 2.45. The Labute approximate surface area is 91.8 Å². The fourth-order valence-electron chi connectivity index (χ4n) is 1.95. The van der Waals surface area contributed by atoms with Gasteiger partial charge in [-0.05, 0) is 11.6 Å². The summed E-state index contributed by atoms with van der Waals surface area (Å²) in [4.78, 5) is 23.6. The summed E-state index contributed by atoms with van der Waals surface area (Å²) in [5.41, 5.74) is 1.36. The first kappa shape index (κ1) is 10.4. The van der Waals surface area contributed by atoms with Gasteiger partial charge in [-0.25, -0.2) is 4.79 Å². The van der Waals surface area contributed by atoms with Crippen LogP contribution >= 0.6 is 0 Å². The normalized spacial score (nSPS) is 18.0. The Morgan fingerprint density at radius 2 is 2.12 bits per heavy atom. The number of rotatable bonds is 2. The first-order valence-electron chi connectivity index (χ1n) is 4.79. The van der Waals surface area contributed by atoms with Gasteiger partial charge in [-0.2, -0.15) is 0 Å². The number of Topliss-reactive ketones (excluding diaryl/α,β-unsaturated/α-hetero) is 1. The molecule has 1 unspecified atom stereocenters. The zero-order valence-corrected chi connectivity index (χ0v) is 8.38. The molecule has 0 fully saturated rings. The highest BCUT2D eigenvalue weighted by molar-refractivity contribution is 6.30. The summed E-state index contributed by atoms with van der Waals surface area (Å²) in [6.45, 7) is 0. The van der Waals surface area contributed by atoms with E-state index in [1.54, 1.807) is 24.3 Å². The van der Waals surface area contributed by atoms with E-state index in [4.69, 9.17) is 10.5 Å². The maximum Gasteiger partial charge on any atom is 0.412 e. The second-order valence-corrected chi connectivity index (χ2v) is 3.55. The van der Waals surface area contributed by atoms with Gasteiger partial charge >= 0.3 is 6.09 Å². The molecule has 5 nitrogen and oxygen atoms in total. The number of hydrogen-bond acceptors (Lipinski definition) is 3. The number of fused-ring (bicyclic) bond motifs is 1. The smallest absolute Gasteiger partial charge is 0.412 e. The summed E-state index contributed by atoms with van der Waals surface area (Å²) in [5.74, 6) is -0.487. The minimum Gasteiger partial charge on any atom is -0.465 e. The SMILES string of the molecule is N=CC(=O)C1Cc2ccccc2N1C(=O)O. The second-order valence-electron chi connectivity index (χ2n) is 3.55. The Morgan fingerprint density at radius 3 is 2.75 bits per heavy atom. The molecule has 1 atom stereocenters. The van der Waals surface area contributed by atoms with Crippen LogP contribution < -0.4 is 4.90 Å². The van der Waals surface area contributed by atoms with E-state index in [0.717, 1.165) is 10.5 Å². The summed E-state index contributed by atoms with van der Waals surface area (Å²) < 4.78 is 0. The molecule has 0 bridgehead atoms. The summed E-state index contributed by atoms with van der Waals surface area (Å²) in [5, 5.41) is 16.0. The quantitative estimate of drug-likeness (QED) is 0.734. The number of ketones is 1. The average Bonchev–Trinajstić information content (AvgIpc) is 2.67. The molecule has 82 valence electrons. The van der Waals surface area contributed by atoms with E-state index in [2.05, 4.69) is 0 Å². The molecule has 1 aromatic carbocycles. The molecule has 16 heavy (non-hydrogen) atoms. The lowest BCUT2D eigenvalue weighted by Gasteiger charge is -2.19. The molecular weight excluding hydrogens is 208 g/mol. The fraction of sp³-hybridized carbons (Fsp3) is 0.182. The first-order chi connectivity index (χ1) is 7.65. The van der Waals surface area contributed by atoms with Gasteiger partial charge in [-0.15, -0.1) is 0 Å². The Hall–Kier alpha value is -2.17. The third kappa shape index (κ3) is 1.46. The molecule has 1 amide bonds. The number of carbonyl (C=O) groups excluding carboxylic acids is 1. The molecule has 1 heterocycles. The number of carboxylic acid groups (broad SMARTS) is 1. The highest BCUT2D eigenvalue weighted by atomic mass is 16.4. The van der Waals surface area contributed by atoms with E-state index in [1.165, 1.54) is 0 Å². The number of amides is 1. The topological polar surface area (TPSA) is 81.5 Å². The molecule has 1 aliphatic rings. The highest BCUT2D eigenvalue weighted by Gasteiger charge is 2.37. The maximum atomic E-state index is 11.4. The van der Waals surface area contributed by atoms with Crippen molar-refractivity contribution in [3.8, 4) is 0 Å². The van der Waals surface area contributed by atoms with E-state index in [-0.39, 0.29) is 0 Å². The molecular formula is C11H10N2O3. The van der Waals surface area contributed by atoms with Gasteiger partial charge in [0.15, 0.2) is 5.78 Å². The van der Waals surface area contributed by atoms with Crippen LogP contribution in [0.1, 0.15) is 5.56 Å². The molecule has 1 aromatic rings. The van der Waals surface area contributed by atoms with Crippen LogP contribution in [0.25, 0.3) is 0 Å². The van der Waals surface area contributed by atoms with Crippen molar-refractivity contribution in [2.45, 2.75) is 12.5 Å². The molecule has 1 aliphatic heterocycles. The molecule has 2 rings (SSSR count). The molecule has 0 aromatic heterocycles. The number of carbonyl (C=O) groups is 2. The van der Waals surface area contributed by atoms with E-state index >= 15 is 0 Å². The van der Waals surface area contributed by atoms with E-state index in [0.29, 0.717) is 18.3 Å². The predicted molar refractivity (Wildman–Crippen MR) is 58.2 cm³/mol. The Bertz CT molecular complexity index is 470. The van der Waals surface area contributed by atoms with Crippen molar-refractivity contribution in [3.63, 3.8) is 0 Å². The van der Waals surface area contributed by atoms with Gasteiger partial charge in [-0.1, -0.05) is 18.2 Å². The van der Waals surface area contributed by atoms with Gasteiger partial charge in [0.05, 0.1) is 11.9 Å². The van der Waals surface area contributed by atoms with Gasteiger partial charge in [0.2, 0.25) is 0 Å². The zero-order chi connectivity index (χ0) is 11.7. The van der Waals surface area contributed by atoms with Crippen molar-refractivity contribution in [3.05, 3.63) is 29.8 Å². The number of para-hydroxylation sites is 1. The lowest BCUT2D eigenvalue weighted by atomic mass is 10.1. The minimum atomic E-state index is -1.16. The summed E-state index contributed by atoms with van der Waals surface area (Å²) in [6.07, 6.45) is -0.145. The summed E-state index contributed by atoms with van der Waals surface area (Å²) in [6, 6.07) is 6.21. The van der Waals surface area contributed by atoms with Crippen LogP contribution in [0.4, 0.5) is 10.5 Å². The Morgan fingerprint density at radius 1 is 1.44 bits per heavy atom. The van der Waals surface area contributed by atoms with E-state index in [1.807, 2.05) is 0 Å². The van der Waals surface area contributed by atoms with Crippen LogP contribution in [0.5, 0.6) is 0 Å². The Kier molecular flexibility index (Phi) is 2.44. The maximum absolute atomic E-state index is 11.4. The number of hydrogen-bond donors (Lipinski definition) is 2. The van der Waals surface area contributed by atoms with Crippen molar-refractivity contribution in [1.29, 1.82) is 5.41 Å². The molecule has 5 heteroatoms. The third-order valence-electron chi connectivity index (χ3n) is 2.65. The second kappa shape index (κ2) is 3.77. The predicted octanol–water partition coefficient (Wildman–Crippen LogP) is 1.31. The summed E-state index contributed by atoms with van der Waals surface area (Å²) in [7, 11) is 0. The van der Waals surface area contributed by atoms with Gasteiger partial charge in [-0.3, -0.25) is 9.69 Å². The largest absolute Gasteiger partial charge is 0.465 e. The zero-order valence-electron chi connectivity index (χ0n) is 8.38. The standard InChI is InChI=1S/C11H10N2O3/c12-6-10(14)9-5-7-3-1-2-4-8(7)13(9)11(15)16/h1-4,6,9,12H,5H2,(H,15,16). The summed E-state index contributed by atoms with van der Waals surface area (Å²) >= 11 is 0. The third-order valence-corrected chi connectivity index (χ3v) is 2.65. The molecule has 0 saturated heterocycles. The van der Waals surface area contributed by atoms with Crippen molar-refractivity contribution < 1.29 is 14.7 Å². The molecule has 0 radical (unpaired) electrons. The van der Waals surface area contributed by atoms with Crippen LogP contribution in [0.15, 0.2) is 24.3 Å². The first-order valence-corrected chi connectivity index (χ1v) is 4.79. The van der Waals surface area contributed by atoms with Crippen molar-refractivity contribution >= 4 is 23.8 Å². The van der Waals surface area contributed by atoms with Crippen LogP contribution in [-0.4, -0.2) is 29.2 Å². The monoisotopic (exact) mass is 218 g/mol. The van der Waals surface area contributed by atoms with Crippen LogP contribution in [-0.2, 0) is 11.2 Å². The molecule has 0 saturated carbocycles. The molecule has 0 aliphatic carbocycles. The average molecular weight is 218 g/mol. The number of nitrogens with zero attached hydrogens (tertiary/aromatic N) is 1. The highest BCUT2D eigenvalue weighted by Crippen LogP contribution is 2.32. The fourth-order valence-corrected chi connectivity index (χ4v) is 1.95. The van der Waals surface area contributed by atoms with Crippen molar-refractivity contribution in [1.82, 2.24) is 0 Å². The van der Waals surface area contributed by atoms with Crippen LogP contribution in [0, 0.1) is 5.41 Å². The van der Waals surface area contributed by atoms with Gasteiger partial charge in [0, 0.05) is 6.42 Å². The van der Waals surface area contributed by atoms with Crippen molar-refractivity contribution in [2.24, 2.45) is 0 Å². The van der Waals surface area contributed by atoms with Gasteiger partial charge in [0.25, 0.3) is 0 Å². The van der Waals surface area contributed by atoms with Crippen molar-refractivity contribution in [2.75, 3.05) is 4.90 Å². The van der Waals surface area contributed by atoms with E-state index in [9.17, 15) is 9.59 Å². The lowest BCUT2D eigenvalue weighted by molar-refractivity contribution is -0.113. The van der Waals surface area contributed by atoms with Crippen LogP contribution in [0.2, 0.25) is 0 Å². The van der Waals surface area contributed by atoms with E-state index < -0.39 is 17.9 Å². The van der Waals surface area contributed by atoms with Crippen LogP contribution in [0.3, 0.4) is 0 Å².